The molecule has 0 atom stereocenters. The summed E-state index contributed by atoms with van der Waals surface area (Å²) in [6, 6.07) is 4.08. The molecular formula is C10H9I3O3. The molecule has 0 unspecified atom stereocenters. The van der Waals surface area contributed by atoms with Gasteiger partial charge in [0, 0.05) is 3.57 Å². The zero-order valence-corrected chi connectivity index (χ0v) is 14.9. The van der Waals surface area contributed by atoms with Crippen molar-refractivity contribution < 1.29 is 14.3 Å². The molecular weight excluding hydrogens is 549 g/mol. The van der Waals surface area contributed by atoms with E-state index in [1.165, 1.54) is 10.7 Å². The molecule has 0 aromatic heterocycles. The summed E-state index contributed by atoms with van der Waals surface area (Å²) in [5.41, 5.74) is 0. The molecule has 1 aromatic carbocycles. The van der Waals surface area contributed by atoms with E-state index in [4.69, 9.17) is 4.74 Å². The van der Waals surface area contributed by atoms with E-state index in [1.807, 2.05) is 12.1 Å². The number of hydrogen-bond acceptors (Lipinski definition) is 3. The molecule has 1 aromatic rings. The zero-order chi connectivity index (χ0) is 12.1. The molecule has 0 radical (unpaired) electrons. The Bertz CT molecular complexity index is 370. The molecule has 0 aliphatic heterocycles. The maximum atomic E-state index is 10.9. The number of hydrogen-bond donors (Lipinski definition) is 0. The van der Waals surface area contributed by atoms with Crippen LogP contribution in [0.15, 0.2) is 12.1 Å². The van der Waals surface area contributed by atoms with E-state index in [0.29, 0.717) is 6.61 Å². The molecule has 0 bridgehead atoms. The number of ether oxygens (including phenoxy) is 2. The number of esters is 1. The summed E-state index contributed by atoms with van der Waals surface area (Å²) in [6.45, 7) is 0.346. The summed E-state index contributed by atoms with van der Waals surface area (Å²) < 4.78 is 13.4. The van der Waals surface area contributed by atoms with Crippen LogP contribution in [0.25, 0.3) is 0 Å². The second-order valence-electron chi connectivity index (χ2n) is 2.87. The van der Waals surface area contributed by atoms with Gasteiger partial charge in [-0.25, -0.2) is 0 Å². The minimum absolute atomic E-state index is 0.254. The molecule has 16 heavy (non-hydrogen) atoms. The molecule has 0 aliphatic rings. The average molecular weight is 558 g/mol. The Morgan fingerprint density at radius 2 is 1.81 bits per heavy atom. The summed E-state index contributed by atoms with van der Waals surface area (Å²) in [5, 5.41) is 0. The van der Waals surface area contributed by atoms with Gasteiger partial charge in [-0.3, -0.25) is 4.79 Å². The van der Waals surface area contributed by atoms with E-state index in [0.717, 1.165) is 12.9 Å². The van der Waals surface area contributed by atoms with Crippen molar-refractivity contribution in [2.75, 3.05) is 13.7 Å². The third-order valence-electron chi connectivity index (χ3n) is 1.74. The van der Waals surface area contributed by atoms with Crippen LogP contribution >= 0.6 is 67.8 Å². The fraction of sp³-hybridized carbons (Fsp3) is 0.300. The number of carbonyl (C=O) groups is 1. The first-order valence-electron chi connectivity index (χ1n) is 4.38. The third-order valence-corrected chi connectivity index (χ3v) is 3.97. The number of benzene rings is 1. The minimum atomic E-state index is -0.254. The summed E-state index contributed by atoms with van der Waals surface area (Å²) >= 11 is 6.72. The monoisotopic (exact) mass is 558 g/mol. The maximum absolute atomic E-state index is 10.9. The first-order chi connectivity index (χ1) is 7.54. The lowest BCUT2D eigenvalue weighted by atomic mass is 10.3. The summed E-state index contributed by atoms with van der Waals surface area (Å²) in [5.74, 6) is 0.584. The number of methoxy groups -OCH3 is 1. The molecule has 3 nitrogen and oxygen atoms in total. The summed E-state index contributed by atoms with van der Waals surface area (Å²) in [7, 11) is 1.38. The van der Waals surface area contributed by atoms with Crippen molar-refractivity contribution in [2.24, 2.45) is 0 Å². The molecule has 1 rings (SSSR count). The van der Waals surface area contributed by atoms with Crippen LogP contribution in [0.2, 0.25) is 0 Å². The highest BCUT2D eigenvalue weighted by Crippen LogP contribution is 2.29. The van der Waals surface area contributed by atoms with Gasteiger partial charge >= 0.3 is 5.97 Å². The van der Waals surface area contributed by atoms with Gasteiger partial charge in [-0.15, -0.1) is 0 Å². The van der Waals surface area contributed by atoms with Crippen molar-refractivity contribution in [2.45, 2.75) is 6.42 Å². The van der Waals surface area contributed by atoms with E-state index in [2.05, 4.69) is 72.5 Å². The SMILES string of the molecule is COC(=O)CCOc1c(I)cc(I)cc1I. The quantitative estimate of drug-likeness (QED) is 0.420. The van der Waals surface area contributed by atoms with E-state index < -0.39 is 0 Å². The van der Waals surface area contributed by atoms with Crippen LogP contribution in [0.1, 0.15) is 6.42 Å². The second kappa shape index (κ2) is 7.19. The maximum Gasteiger partial charge on any atom is 0.308 e. The van der Waals surface area contributed by atoms with Crippen molar-refractivity contribution in [3.05, 3.63) is 22.8 Å². The highest BCUT2D eigenvalue weighted by molar-refractivity contribution is 14.1. The summed E-state index contributed by atoms with van der Waals surface area (Å²) in [6.07, 6.45) is 0.272. The minimum Gasteiger partial charge on any atom is -0.491 e. The van der Waals surface area contributed by atoms with Crippen molar-refractivity contribution in [3.63, 3.8) is 0 Å². The van der Waals surface area contributed by atoms with Crippen LogP contribution < -0.4 is 4.74 Å². The van der Waals surface area contributed by atoms with Crippen LogP contribution in [0.4, 0.5) is 0 Å². The Labute approximate surface area is 135 Å². The van der Waals surface area contributed by atoms with E-state index >= 15 is 0 Å². The predicted octanol–water partition coefficient (Wildman–Crippen LogP) is 3.44. The van der Waals surface area contributed by atoms with Gasteiger partial charge in [0.25, 0.3) is 0 Å². The first kappa shape index (κ1) is 14.7. The third kappa shape index (κ3) is 4.51. The number of halogens is 3. The fourth-order valence-electron chi connectivity index (χ4n) is 1.01. The molecule has 88 valence electrons. The molecule has 0 saturated heterocycles. The Hall–Kier alpha value is 0.680. The fourth-order valence-corrected chi connectivity index (χ4v) is 4.90. The standard InChI is InChI=1S/C10H9I3O3/c1-15-9(14)2-3-16-10-7(12)4-6(11)5-8(10)13/h4-5H,2-3H2,1H3. The molecule has 6 heteroatoms. The van der Waals surface area contributed by atoms with Crippen molar-refractivity contribution in [1.82, 2.24) is 0 Å². The van der Waals surface area contributed by atoms with Crippen LogP contribution in [-0.4, -0.2) is 19.7 Å². The van der Waals surface area contributed by atoms with Gasteiger partial charge in [0.05, 0.1) is 27.3 Å². The van der Waals surface area contributed by atoms with E-state index in [9.17, 15) is 4.79 Å². The molecule has 0 saturated carbocycles. The van der Waals surface area contributed by atoms with Gasteiger partial charge in [-0.2, -0.15) is 0 Å². The smallest absolute Gasteiger partial charge is 0.308 e. The highest BCUT2D eigenvalue weighted by Gasteiger charge is 2.09. The van der Waals surface area contributed by atoms with Crippen molar-refractivity contribution in [1.29, 1.82) is 0 Å². The zero-order valence-electron chi connectivity index (χ0n) is 8.43. The molecule has 0 fully saturated rings. The first-order valence-corrected chi connectivity index (χ1v) is 7.62. The normalized spacial score (nSPS) is 10.0. The van der Waals surface area contributed by atoms with Crippen LogP contribution in [0.5, 0.6) is 5.75 Å². The Balaban J connectivity index is 2.64. The molecule has 0 N–H and O–H groups in total. The van der Waals surface area contributed by atoms with Gasteiger partial charge in [-0.05, 0) is 79.9 Å². The van der Waals surface area contributed by atoms with E-state index in [-0.39, 0.29) is 12.4 Å². The van der Waals surface area contributed by atoms with Crippen molar-refractivity contribution >= 4 is 73.7 Å². The van der Waals surface area contributed by atoms with Gasteiger partial charge in [0.2, 0.25) is 0 Å². The second-order valence-corrected chi connectivity index (χ2v) is 6.44. The van der Waals surface area contributed by atoms with E-state index in [1.54, 1.807) is 0 Å². The molecule has 0 amide bonds. The van der Waals surface area contributed by atoms with Gasteiger partial charge in [0.15, 0.2) is 0 Å². The van der Waals surface area contributed by atoms with Crippen LogP contribution in [-0.2, 0) is 9.53 Å². The summed E-state index contributed by atoms with van der Waals surface area (Å²) in [4.78, 5) is 10.9. The lowest BCUT2D eigenvalue weighted by Gasteiger charge is -2.10. The Morgan fingerprint density at radius 3 is 2.31 bits per heavy atom. The topological polar surface area (TPSA) is 35.5 Å². The van der Waals surface area contributed by atoms with Gasteiger partial charge in [0.1, 0.15) is 5.75 Å². The van der Waals surface area contributed by atoms with Crippen molar-refractivity contribution in [3.8, 4) is 5.75 Å². The lowest BCUT2D eigenvalue weighted by molar-refractivity contribution is -0.141. The highest BCUT2D eigenvalue weighted by atomic mass is 127. The van der Waals surface area contributed by atoms with Gasteiger partial charge < -0.3 is 9.47 Å². The van der Waals surface area contributed by atoms with Crippen LogP contribution in [0, 0.1) is 10.7 Å². The molecule has 0 heterocycles. The Morgan fingerprint density at radius 1 is 1.25 bits per heavy atom. The van der Waals surface area contributed by atoms with Gasteiger partial charge in [-0.1, -0.05) is 0 Å². The molecule has 0 aliphatic carbocycles. The number of rotatable bonds is 4. The average Bonchev–Trinajstić information content (AvgIpc) is 2.21. The van der Waals surface area contributed by atoms with Crippen LogP contribution in [0.3, 0.4) is 0 Å². The largest absolute Gasteiger partial charge is 0.491 e. The number of carbonyl (C=O) groups excluding carboxylic acids is 1. The predicted molar refractivity (Wildman–Crippen MR) is 86.7 cm³/mol. The Kier molecular flexibility index (Phi) is 6.62. The lowest BCUT2D eigenvalue weighted by Crippen LogP contribution is -2.08. The molecule has 0 spiro atoms.